The van der Waals surface area contributed by atoms with Gasteiger partial charge in [-0.3, -0.25) is 4.72 Å². The maximum absolute atomic E-state index is 14.0. The number of nitrogens with zero attached hydrogens (tertiary/aromatic N) is 2. The van der Waals surface area contributed by atoms with Crippen molar-refractivity contribution >= 4 is 21.8 Å². The van der Waals surface area contributed by atoms with Crippen molar-refractivity contribution in [3.05, 3.63) is 60.3 Å². The number of sulfonamides is 1. The highest BCUT2D eigenvalue weighted by Crippen LogP contribution is 2.40. The normalized spacial score (nSPS) is 17.8. The Balaban J connectivity index is 1.74. The summed E-state index contributed by atoms with van der Waals surface area (Å²) in [6.45, 7) is 0. The average Bonchev–Trinajstić information content (AvgIpc) is 2.86. The zero-order valence-electron chi connectivity index (χ0n) is 20.6. The van der Waals surface area contributed by atoms with Gasteiger partial charge in [-0.15, -0.1) is 0 Å². The van der Waals surface area contributed by atoms with Gasteiger partial charge in [-0.25, -0.2) is 23.2 Å². The molecule has 3 N–H and O–H groups in total. The molecule has 0 bridgehead atoms. The smallest absolute Gasteiger partial charge is 0.437 e. The number of rotatable bonds is 7. The largest absolute Gasteiger partial charge is 0.438 e. The van der Waals surface area contributed by atoms with E-state index in [2.05, 4.69) is 20.0 Å². The first kappa shape index (κ1) is 28.1. The summed E-state index contributed by atoms with van der Waals surface area (Å²) < 4.78 is 78.0. The minimum absolute atomic E-state index is 0.175. The van der Waals surface area contributed by atoms with Crippen molar-refractivity contribution in [2.45, 2.75) is 44.0 Å². The third-order valence-corrected chi connectivity index (χ3v) is 6.35. The predicted molar refractivity (Wildman–Crippen MR) is 135 cm³/mol. The number of aliphatic hydroxyl groups excluding tert-OH is 1. The van der Waals surface area contributed by atoms with Crippen LogP contribution in [-0.4, -0.2) is 48.0 Å². The van der Waals surface area contributed by atoms with Gasteiger partial charge in [0, 0.05) is 11.3 Å². The summed E-state index contributed by atoms with van der Waals surface area (Å²) in [6.07, 6.45) is -3.79. The molecule has 0 saturated heterocycles. The topological polar surface area (TPSA) is 140 Å². The van der Waals surface area contributed by atoms with Crippen LogP contribution >= 0.6 is 0 Å². The van der Waals surface area contributed by atoms with Gasteiger partial charge in [0.15, 0.2) is 0 Å². The number of amides is 1. The fourth-order valence-corrected chi connectivity index (χ4v) is 4.54. The van der Waals surface area contributed by atoms with Crippen LogP contribution < -0.4 is 19.5 Å². The van der Waals surface area contributed by atoms with Gasteiger partial charge in [0.2, 0.25) is 21.6 Å². The number of hydrogen-bond acceptors (Lipinski definition) is 8. The first-order chi connectivity index (χ1) is 18.4. The van der Waals surface area contributed by atoms with Gasteiger partial charge in [0.25, 0.3) is 5.88 Å². The third-order valence-electron chi connectivity index (χ3n) is 5.74. The number of aromatic nitrogens is 2. The van der Waals surface area contributed by atoms with Crippen LogP contribution in [0.3, 0.4) is 0 Å². The van der Waals surface area contributed by atoms with E-state index < -0.39 is 51.9 Å². The molecule has 208 valence electrons. The standard InChI is InChI=1S/C25H25F3N4O6S/c1-39(35,36)32-16-13-11-15(12-14-16)20-22(37-17-7-3-2-4-8-17)31-21(25(26,27)28)23(30-20)38-24(34)29-18-9-5-6-10-19(18)33/h2-4,7-8,11-14,18-19,32-33H,5-6,9-10H2,1H3,(H,29,34)/t18-,19-/m1/s1. The highest BCUT2D eigenvalue weighted by molar-refractivity contribution is 7.92. The number of halogens is 3. The average molecular weight is 567 g/mol. The Morgan fingerprint density at radius 2 is 1.67 bits per heavy atom. The van der Waals surface area contributed by atoms with E-state index in [0.717, 1.165) is 19.1 Å². The molecule has 39 heavy (non-hydrogen) atoms. The van der Waals surface area contributed by atoms with E-state index >= 15 is 0 Å². The molecular formula is C25H25F3N4O6S. The fraction of sp³-hybridized carbons (Fsp3) is 0.320. The molecule has 0 radical (unpaired) electrons. The second-order valence-corrected chi connectivity index (χ2v) is 10.6. The minimum Gasteiger partial charge on any atom is -0.437 e. The number of alkyl halides is 3. The summed E-state index contributed by atoms with van der Waals surface area (Å²) >= 11 is 0. The SMILES string of the molecule is CS(=O)(=O)Nc1ccc(-c2nc(OC(=O)N[C@@H]3CCCC[C@H]3O)c(C(F)(F)F)nc2Oc2ccccc2)cc1. The van der Waals surface area contributed by atoms with Crippen molar-refractivity contribution in [2.24, 2.45) is 0 Å². The molecule has 0 unspecified atom stereocenters. The Hall–Kier alpha value is -3.91. The van der Waals surface area contributed by atoms with Crippen LogP contribution in [0.15, 0.2) is 54.6 Å². The number of para-hydroxylation sites is 1. The molecule has 1 aliphatic carbocycles. The summed E-state index contributed by atoms with van der Waals surface area (Å²) in [4.78, 5) is 20.1. The second-order valence-electron chi connectivity index (χ2n) is 8.89. The Labute approximate surface area is 222 Å². The van der Waals surface area contributed by atoms with Gasteiger partial charge in [0.05, 0.1) is 18.4 Å². The van der Waals surface area contributed by atoms with Crippen LogP contribution in [0.5, 0.6) is 17.5 Å². The molecular weight excluding hydrogens is 541 g/mol. The van der Waals surface area contributed by atoms with Crippen LogP contribution in [0.4, 0.5) is 23.7 Å². The second kappa shape index (κ2) is 11.5. The zero-order valence-corrected chi connectivity index (χ0v) is 21.4. The minimum atomic E-state index is -5.07. The van der Waals surface area contributed by atoms with E-state index in [4.69, 9.17) is 9.47 Å². The molecule has 14 heteroatoms. The van der Waals surface area contributed by atoms with Gasteiger partial charge in [-0.05, 0) is 37.1 Å². The number of benzene rings is 2. The van der Waals surface area contributed by atoms with Crippen molar-refractivity contribution in [1.82, 2.24) is 15.3 Å². The van der Waals surface area contributed by atoms with Crippen LogP contribution in [0.25, 0.3) is 11.3 Å². The molecule has 0 aliphatic heterocycles. The molecule has 1 saturated carbocycles. The number of hydrogen-bond donors (Lipinski definition) is 3. The van der Waals surface area contributed by atoms with Crippen molar-refractivity contribution in [3.63, 3.8) is 0 Å². The van der Waals surface area contributed by atoms with Crippen molar-refractivity contribution in [3.8, 4) is 28.8 Å². The number of carbonyl (C=O) groups excluding carboxylic acids is 1. The lowest BCUT2D eigenvalue weighted by Gasteiger charge is -2.27. The van der Waals surface area contributed by atoms with Crippen molar-refractivity contribution in [1.29, 1.82) is 0 Å². The maximum atomic E-state index is 14.0. The number of nitrogens with one attached hydrogen (secondary N) is 2. The summed E-state index contributed by atoms with van der Waals surface area (Å²) in [6, 6.07) is 12.8. The molecule has 1 fully saturated rings. The summed E-state index contributed by atoms with van der Waals surface area (Å²) in [5.41, 5.74) is -1.38. The molecule has 10 nitrogen and oxygen atoms in total. The summed E-state index contributed by atoms with van der Waals surface area (Å²) in [5.74, 6) is -1.46. The van der Waals surface area contributed by atoms with E-state index in [1.54, 1.807) is 18.2 Å². The van der Waals surface area contributed by atoms with Crippen LogP contribution in [0.2, 0.25) is 0 Å². The van der Waals surface area contributed by atoms with Gasteiger partial charge >= 0.3 is 12.3 Å². The quantitative estimate of drug-likeness (QED) is 0.373. The number of carbonyl (C=O) groups is 1. The molecule has 2 atom stereocenters. The molecule has 4 rings (SSSR count). The molecule has 1 aliphatic rings. The Bertz CT molecular complexity index is 1420. The Morgan fingerprint density at radius 1 is 1.00 bits per heavy atom. The zero-order chi connectivity index (χ0) is 28.2. The lowest BCUT2D eigenvalue weighted by molar-refractivity contribution is -0.142. The lowest BCUT2D eigenvalue weighted by atomic mass is 9.93. The monoisotopic (exact) mass is 566 g/mol. The fourth-order valence-electron chi connectivity index (χ4n) is 3.98. The Morgan fingerprint density at radius 3 is 2.28 bits per heavy atom. The van der Waals surface area contributed by atoms with E-state index in [9.17, 15) is 31.5 Å². The number of aliphatic hydroxyl groups is 1. The lowest BCUT2D eigenvalue weighted by Crippen LogP contribution is -2.46. The summed E-state index contributed by atoms with van der Waals surface area (Å²) in [7, 11) is -3.57. The molecule has 1 aromatic heterocycles. The highest BCUT2D eigenvalue weighted by atomic mass is 32.2. The van der Waals surface area contributed by atoms with Crippen molar-refractivity contribution < 1.29 is 41.0 Å². The van der Waals surface area contributed by atoms with E-state index in [-0.39, 0.29) is 22.7 Å². The maximum Gasteiger partial charge on any atom is 0.438 e. The first-order valence-electron chi connectivity index (χ1n) is 11.9. The van der Waals surface area contributed by atoms with E-state index in [0.29, 0.717) is 12.8 Å². The number of ether oxygens (including phenoxy) is 2. The molecule has 0 spiro atoms. The summed E-state index contributed by atoms with van der Waals surface area (Å²) in [5, 5.41) is 12.5. The first-order valence-corrected chi connectivity index (χ1v) is 13.7. The van der Waals surface area contributed by atoms with E-state index in [1.807, 2.05) is 0 Å². The molecule has 1 heterocycles. The van der Waals surface area contributed by atoms with Crippen LogP contribution in [-0.2, 0) is 16.2 Å². The molecule has 2 aromatic carbocycles. The third kappa shape index (κ3) is 7.57. The molecule has 3 aromatic rings. The van der Waals surface area contributed by atoms with Gasteiger partial charge in [-0.1, -0.05) is 43.2 Å². The van der Waals surface area contributed by atoms with E-state index in [1.165, 1.54) is 36.4 Å². The van der Waals surface area contributed by atoms with Crippen molar-refractivity contribution in [2.75, 3.05) is 11.0 Å². The highest BCUT2D eigenvalue weighted by Gasteiger charge is 2.40. The van der Waals surface area contributed by atoms with Crippen LogP contribution in [0.1, 0.15) is 31.4 Å². The van der Waals surface area contributed by atoms with Gasteiger partial charge in [-0.2, -0.15) is 13.2 Å². The Kier molecular flexibility index (Phi) is 8.25. The van der Waals surface area contributed by atoms with Gasteiger partial charge in [0.1, 0.15) is 11.4 Å². The molecule has 1 amide bonds. The predicted octanol–water partition coefficient (Wildman–Crippen LogP) is 4.72. The number of anilines is 1. The van der Waals surface area contributed by atoms with Crippen LogP contribution in [0, 0.1) is 0 Å². The van der Waals surface area contributed by atoms with Gasteiger partial charge < -0.3 is 19.9 Å².